The zero-order valence-corrected chi connectivity index (χ0v) is 21.4. The van der Waals surface area contributed by atoms with Crippen molar-refractivity contribution in [3.8, 4) is 0 Å². The Morgan fingerprint density at radius 2 is 0.806 bits per heavy atom. The van der Waals surface area contributed by atoms with E-state index in [-0.39, 0.29) is 0 Å². The van der Waals surface area contributed by atoms with E-state index >= 15 is 0 Å². The summed E-state index contributed by atoms with van der Waals surface area (Å²) in [6.07, 6.45) is 27.6. The Labute approximate surface area is 195 Å². The van der Waals surface area contributed by atoms with Crippen LogP contribution in [0.3, 0.4) is 0 Å². The van der Waals surface area contributed by atoms with Crippen molar-refractivity contribution in [3.63, 3.8) is 0 Å². The van der Waals surface area contributed by atoms with Crippen molar-refractivity contribution in [2.24, 2.45) is 0 Å². The quantitative estimate of drug-likeness (QED) is 0.140. The standard InChI is InChI=1S/C24H51N.C3H6O3/c1-3-5-7-9-11-13-15-17-19-21-23-25-24-22-20-18-16-14-12-10-8-6-4-2;1-2(4)3(5)6/h25H,3-24H2,1-2H3;2,4H,1H3,(H,5,6). The van der Waals surface area contributed by atoms with E-state index in [1.807, 2.05) is 0 Å². The van der Waals surface area contributed by atoms with Crippen molar-refractivity contribution < 1.29 is 15.0 Å². The smallest absolute Gasteiger partial charge is 0.332 e. The van der Waals surface area contributed by atoms with Crippen LogP contribution in [-0.4, -0.2) is 35.4 Å². The number of carboxylic acid groups (broad SMARTS) is 1. The number of rotatable bonds is 23. The molecule has 0 aliphatic carbocycles. The molecule has 0 heterocycles. The Bertz CT molecular complexity index is 312. The highest BCUT2D eigenvalue weighted by molar-refractivity contribution is 5.71. The molecule has 0 aromatic carbocycles. The van der Waals surface area contributed by atoms with Crippen LogP contribution in [0.5, 0.6) is 0 Å². The number of hydrogen-bond acceptors (Lipinski definition) is 3. The van der Waals surface area contributed by atoms with E-state index in [4.69, 9.17) is 10.2 Å². The van der Waals surface area contributed by atoms with Gasteiger partial charge in [0.25, 0.3) is 0 Å². The van der Waals surface area contributed by atoms with E-state index in [0.717, 1.165) is 0 Å². The summed E-state index contributed by atoms with van der Waals surface area (Å²) in [6.45, 7) is 8.28. The second-order valence-electron chi connectivity index (χ2n) is 9.13. The van der Waals surface area contributed by atoms with E-state index in [2.05, 4.69) is 19.2 Å². The molecule has 0 aromatic heterocycles. The van der Waals surface area contributed by atoms with E-state index < -0.39 is 12.1 Å². The zero-order chi connectivity index (χ0) is 23.4. The summed E-state index contributed by atoms with van der Waals surface area (Å²) in [5.74, 6) is -1.19. The first-order valence-electron chi connectivity index (χ1n) is 13.7. The molecule has 1 unspecified atom stereocenters. The molecule has 188 valence electrons. The van der Waals surface area contributed by atoms with E-state index in [9.17, 15) is 4.79 Å². The van der Waals surface area contributed by atoms with Gasteiger partial charge >= 0.3 is 5.97 Å². The maximum absolute atomic E-state index is 9.45. The lowest BCUT2D eigenvalue weighted by Crippen LogP contribution is -2.16. The number of hydrogen-bond donors (Lipinski definition) is 3. The van der Waals surface area contributed by atoms with E-state index in [1.165, 1.54) is 148 Å². The van der Waals surface area contributed by atoms with Gasteiger partial charge in [0.15, 0.2) is 0 Å². The molecule has 3 N–H and O–H groups in total. The van der Waals surface area contributed by atoms with Gasteiger partial charge in [0.2, 0.25) is 0 Å². The van der Waals surface area contributed by atoms with Crippen LogP contribution in [0, 0.1) is 0 Å². The van der Waals surface area contributed by atoms with Gasteiger partial charge in [-0.05, 0) is 32.9 Å². The molecule has 0 bridgehead atoms. The van der Waals surface area contributed by atoms with Gasteiger partial charge < -0.3 is 15.5 Å². The van der Waals surface area contributed by atoms with Crippen molar-refractivity contribution in [2.75, 3.05) is 13.1 Å². The molecule has 31 heavy (non-hydrogen) atoms. The van der Waals surface area contributed by atoms with Crippen molar-refractivity contribution in [1.29, 1.82) is 0 Å². The number of aliphatic carboxylic acids is 1. The highest BCUT2D eigenvalue weighted by Gasteiger charge is 2.01. The minimum Gasteiger partial charge on any atom is -0.479 e. The van der Waals surface area contributed by atoms with Crippen molar-refractivity contribution >= 4 is 5.97 Å². The lowest BCUT2D eigenvalue weighted by molar-refractivity contribution is -0.145. The Hall–Kier alpha value is -0.610. The average Bonchev–Trinajstić information content (AvgIpc) is 2.75. The van der Waals surface area contributed by atoms with E-state index in [0.29, 0.717) is 0 Å². The molecule has 0 fully saturated rings. The van der Waals surface area contributed by atoms with Crippen LogP contribution >= 0.6 is 0 Å². The van der Waals surface area contributed by atoms with Gasteiger partial charge in [-0.15, -0.1) is 0 Å². The largest absolute Gasteiger partial charge is 0.479 e. The lowest BCUT2D eigenvalue weighted by atomic mass is 10.1. The molecule has 0 aliphatic rings. The Morgan fingerprint density at radius 3 is 1.03 bits per heavy atom. The van der Waals surface area contributed by atoms with Crippen molar-refractivity contribution in [1.82, 2.24) is 5.32 Å². The van der Waals surface area contributed by atoms with E-state index in [1.54, 1.807) is 0 Å². The molecule has 0 radical (unpaired) electrons. The molecule has 0 amide bonds. The Kier molecular flexibility index (Phi) is 30.9. The van der Waals surface area contributed by atoms with Gasteiger partial charge in [-0.25, -0.2) is 4.79 Å². The minimum atomic E-state index is -1.23. The average molecular weight is 444 g/mol. The normalized spacial score (nSPS) is 11.7. The molecule has 4 heteroatoms. The number of carbonyl (C=O) groups is 1. The summed E-state index contributed by atoms with van der Waals surface area (Å²) in [7, 11) is 0. The second-order valence-corrected chi connectivity index (χ2v) is 9.13. The first-order valence-corrected chi connectivity index (χ1v) is 13.7. The van der Waals surface area contributed by atoms with Crippen LogP contribution in [0.25, 0.3) is 0 Å². The van der Waals surface area contributed by atoms with Crippen LogP contribution < -0.4 is 5.32 Å². The summed E-state index contributed by atoms with van der Waals surface area (Å²) in [5.41, 5.74) is 0. The summed E-state index contributed by atoms with van der Waals surface area (Å²) < 4.78 is 0. The zero-order valence-electron chi connectivity index (χ0n) is 21.4. The topological polar surface area (TPSA) is 69.6 Å². The fourth-order valence-electron chi connectivity index (χ4n) is 3.60. The summed E-state index contributed by atoms with van der Waals surface area (Å²) in [6, 6.07) is 0. The molecule has 0 rings (SSSR count). The summed E-state index contributed by atoms with van der Waals surface area (Å²) >= 11 is 0. The van der Waals surface area contributed by atoms with Crippen LogP contribution in [-0.2, 0) is 4.79 Å². The fourth-order valence-corrected chi connectivity index (χ4v) is 3.60. The molecule has 4 nitrogen and oxygen atoms in total. The first kappa shape index (κ1) is 32.6. The Balaban J connectivity index is 0. The predicted octanol–water partition coefficient (Wildman–Crippen LogP) is 7.87. The van der Waals surface area contributed by atoms with Gasteiger partial charge in [0.1, 0.15) is 6.10 Å². The SMILES string of the molecule is CC(O)C(=O)O.CCCCCCCCCCCCNCCCCCCCCCCCC. The van der Waals surface area contributed by atoms with Crippen LogP contribution in [0.15, 0.2) is 0 Å². The molecule has 0 aliphatic heterocycles. The number of nitrogens with one attached hydrogen (secondary N) is 1. The number of carboxylic acids is 1. The molecule has 1 atom stereocenters. The van der Waals surface area contributed by atoms with Gasteiger partial charge in [-0.2, -0.15) is 0 Å². The Morgan fingerprint density at radius 1 is 0.581 bits per heavy atom. The number of aliphatic hydroxyl groups excluding tert-OH is 1. The van der Waals surface area contributed by atoms with Crippen LogP contribution in [0.1, 0.15) is 149 Å². The van der Waals surface area contributed by atoms with Gasteiger partial charge in [0, 0.05) is 0 Å². The highest BCUT2D eigenvalue weighted by Crippen LogP contribution is 2.11. The van der Waals surface area contributed by atoms with Gasteiger partial charge in [-0.3, -0.25) is 0 Å². The van der Waals surface area contributed by atoms with Crippen molar-refractivity contribution in [3.05, 3.63) is 0 Å². The third-order valence-corrected chi connectivity index (χ3v) is 5.77. The van der Waals surface area contributed by atoms with Gasteiger partial charge in [0.05, 0.1) is 0 Å². The van der Waals surface area contributed by atoms with Gasteiger partial charge in [-0.1, -0.05) is 129 Å². The third-order valence-electron chi connectivity index (χ3n) is 5.77. The molecule has 0 aromatic rings. The monoisotopic (exact) mass is 443 g/mol. The number of aliphatic hydroxyl groups is 1. The second kappa shape index (κ2) is 29.4. The summed E-state index contributed by atoms with van der Waals surface area (Å²) in [4.78, 5) is 9.45. The molecule has 0 spiro atoms. The maximum atomic E-state index is 9.45. The molecule has 0 saturated heterocycles. The molecular weight excluding hydrogens is 386 g/mol. The minimum absolute atomic E-state index is 1.19. The van der Waals surface area contributed by atoms with Crippen molar-refractivity contribution in [2.45, 2.75) is 155 Å². The molecular formula is C27H57NO3. The maximum Gasteiger partial charge on any atom is 0.332 e. The molecule has 0 saturated carbocycles. The third kappa shape index (κ3) is 34.2. The van der Waals surface area contributed by atoms with Crippen LogP contribution in [0.4, 0.5) is 0 Å². The summed E-state index contributed by atoms with van der Waals surface area (Å²) in [5, 5.41) is 19.4. The number of unbranched alkanes of at least 4 members (excludes halogenated alkanes) is 18. The fraction of sp³-hybridized carbons (Fsp3) is 0.963. The lowest BCUT2D eigenvalue weighted by Gasteiger charge is -2.05. The predicted molar refractivity (Wildman–Crippen MR) is 136 cm³/mol. The first-order chi connectivity index (χ1) is 15.1. The van der Waals surface area contributed by atoms with Crippen LogP contribution in [0.2, 0.25) is 0 Å². The highest BCUT2D eigenvalue weighted by atomic mass is 16.4.